The van der Waals surface area contributed by atoms with Crippen LogP contribution in [0.5, 0.6) is 0 Å². The van der Waals surface area contributed by atoms with Crippen LogP contribution in [0, 0.1) is 6.92 Å². The minimum atomic E-state index is -0.935. The molecule has 0 saturated carbocycles. The summed E-state index contributed by atoms with van der Waals surface area (Å²) in [7, 11) is 0. The van der Waals surface area contributed by atoms with E-state index in [9.17, 15) is 4.79 Å². The Morgan fingerprint density at radius 1 is 1.56 bits per heavy atom. The molecular formula is C12H16N2O2. The lowest BCUT2D eigenvalue weighted by molar-refractivity contribution is -0.131. The summed E-state index contributed by atoms with van der Waals surface area (Å²) < 4.78 is 0. The first kappa shape index (κ1) is 12.2. The maximum absolute atomic E-state index is 10.4. The molecule has 1 N–H and O–H groups in total. The van der Waals surface area contributed by atoms with Crippen LogP contribution < -0.4 is 0 Å². The zero-order valence-corrected chi connectivity index (χ0v) is 9.55. The van der Waals surface area contributed by atoms with Crippen molar-refractivity contribution in [3.8, 4) is 0 Å². The molecule has 0 bridgehead atoms. The predicted octanol–water partition coefficient (Wildman–Crippen LogP) is 1.81. The van der Waals surface area contributed by atoms with Crippen molar-refractivity contribution in [2.45, 2.75) is 20.4 Å². The van der Waals surface area contributed by atoms with Crippen LogP contribution in [0.4, 0.5) is 0 Å². The fourth-order valence-corrected chi connectivity index (χ4v) is 1.33. The molecule has 1 rings (SSSR count). The van der Waals surface area contributed by atoms with Crippen molar-refractivity contribution in [3.63, 3.8) is 0 Å². The van der Waals surface area contributed by atoms with Gasteiger partial charge in [0.15, 0.2) is 0 Å². The van der Waals surface area contributed by atoms with E-state index in [-0.39, 0.29) is 0 Å². The van der Waals surface area contributed by atoms with Crippen LogP contribution in [0.1, 0.15) is 18.3 Å². The van der Waals surface area contributed by atoms with Gasteiger partial charge in [-0.25, -0.2) is 4.79 Å². The Hall–Kier alpha value is -1.84. The lowest BCUT2D eigenvalue weighted by atomic mass is 10.3. The summed E-state index contributed by atoms with van der Waals surface area (Å²) in [6.45, 7) is 5.29. The molecule has 0 fully saturated rings. The Bertz CT molecular complexity index is 388. The van der Waals surface area contributed by atoms with E-state index < -0.39 is 5.97 Å². The molecule has 0 aliphatic heterocycles. The molecule has 4 heteroatoms. The molecule has 0 aromatic carbocycles. The maximum Gasteiger partial charge on any atom is 0.329 e. The third-order valence-electron chi connectivity index (χ3n) is 2.15. The SMILES string of the molecule is CCN(C=CC(=O)O)Cc1cccc(C)n1. The van der Waals surface area contributed by atoms with Crippen LogP contribution in [-0.2, 0) is 11.3 Å². The van der Waals surface area contributed by atoms with Crippen LogP contribution >= 0.6 is 0 Å². The van der Waals surface area contributed by atoms with E-state index in [4.69, 9.17) is 5.11 Å². The van der Waals surface area contributed by atoms with Gasteiger partial charge in [-0.05, 0) is 26.0 Å². The molecule has 16 heavy (non-hydrogen) atoms. The van der Waals surface area contributed by atoms with Crippen molar-refractivity contribution in [2.24, 2.45) is 0 Å². The Labute approximate surface area is 95.2 Å². The van der Waals surface area contributed by atoms with Crippen LogP contribution in [-0.4, -0.2) is 27.5 Å². The van der Waals surface area contributed by atoms with Gasteiger partial charge in [-0.3, -0.25) is 4.98 Å². The number of carboxylic acids is 1. The van der Waals surface area contributed by atoms with Gasteiger partial charge in [-0.15, -0.1) is 0 Å². The van der Waals surface area contributed by atoms with Gasteiger partial charge in [0, 0.05) is 24.5 Å². The zero-order valence-electron chi connectivity index (χ0n) is 9.55. The average Bonchev–Trinajstić information content (AvgIpc) is 2.24. The fourth-order valence-electron chi connectivity index (χ4n) is 1.33. The lowest BCUT2D eigenvalue weighted by Crippen LogP contribution is -2.17. The fraction of sp³-hybridized carbons (Fsp3) is 0.333. The van der Waals surface area contributed by atoms with Gasteiger partial charge in [0.25, 0.3) is 0 Å². The monoisotopic (exact) mass is 220 g/mol. The van der Waals surface area contributed by atoms with E-state index in [1.54, 1.807) is 6.20 Å². The molecule has 86 valence electrons. The Balaban J connectivity index is 2.66. The van der Waals surface area contributed by atoms with Crippen LogP contribution in [0.25, 0.3) is 0 Å². The number of rotatable bonds is 5. The third kappa shape index (κ3) is 4.13. The van der Waals surface area contributed by atoms with Crippen molar-refractivity contribution in [1.82, 2.24) is 9.88 Å². The highest BCUT2D eigenvalue weighted by molar-refractivity contribution is 5.79. The molecular weight excluding hydrogens is 204 g/mol. The first-order valence-electron chi connectivity index (χ1n) is 5.19. The molecule has 4 nitrogen and oxygen atoms in total. The molecule has 0 aliphatic carbocycles. The van der Waals surface area contributed by atoms with Gasteiger partial charge in [0.1, 0.15) is 0 Å². The van der Waals surface area contributed by atoms with Crippen LogP contribution in [0.2, 0.25) is 0 Å². The van der Waals surface area contributed by atoms with E-state index in [1.807, 2.05) is 36.9 Å². The van der Waals surface area contributed by atoms with Crippen LogP contribution in [0.15, 0.2) is 30.5 Å². The van der Waals surface area contributed by atoms with Crippen molar-refractivity contribution >= 4 is 5.97 Å². The second-order valence-electron chi connectivity index (χ2n) is 3.49. The van der Waals surface area contributed by atoms with Gasteiger partial charge in [0.2, 0.25) is 0 Å². The Morgan fingerprint density at radius 2 is 2.31 bits per heavy atom. The lowest BCUT2D eigenvalue weighted by Gasteiger charge is -2.17. The molecule has 0 aliphatic rings. The summed E-state index contributed by atoms with van der Waals surface area (Å²) >= 11 is 0. The summed E-state index contributed by atoms with van der Waals surface area (Å²) in [6.07, 6.45) is 2.71. The number of aliphatic carboxylic acids is 1. The molecule has 1 aromatic rings. The van der Waals surface area contributed by atoms with E-state index >= 15 is 0 Å². The quantitative estimate of drug-likeness (QED) is 0.769. The van der Waals surface area contributed by atoms with Crippen molar-refractivity contribution < 1.29 is 9.90 Å². The topological polar surface area (TPSA) is 53.4 Å². The zero-order chi connectivity index (χ0) is 12.0. The number of hydrogen-bond donors (Lipinski definition) is 1. The van der Waals surface area contributed by atoms with Gasteiger partial charge in [0.05, 0.1) is 12.2 Å². The first-order valence-corrected chi connectivity index (χ1v) is 5.19. The standard InChI is InChI=1S/C12H16N2O2/c1-3-14(8-7-12(15)16)9-11-6-4-5-10(2)13-11/h4-8H,3,9H2,1-2H3,(H,15,16). The minimum Gasteiger partial charge on any atom is -0.478 e. The van der Waals surface area contributed by atoms with Crippen molar-refractivity contribution in [3.05, 3.63) is 41.9 Å². The van der Waals surface area contributed by atoms with E-state index in [2.05, 4.69) is 4.98 Å². The van der Waals surface area contributed by atoms with Crippen molar-refractivity contribution in [2.75, 3.05) is 6.54 Å². The summed E-state index contributed by atoms with van der Waals surface area (Å²) in [6, 6.07) is 5.82. The molecule has 0 saturated heterocycles. The number of hydrogen-bond acceptors (Lipinski definition) is 3. The van der Waals surface area contributed by atoms with Gasteiger partial charge in [-0.1, -0.05) is 6.07 Å². The second kappa shape index (κ2) is 5.90. The maximum atomic E-state index is 10.4. The molecule has 1 aromatic heterocycles. The molecule has 0 unspecified atom stereocenters. The number of aryl methyl sites for hydroxylation is 1. The summed E-state index contributed by atoms with van der Waals surface area (Å²) in [5.41, 5.74) is 1.91. The molecule has 0 amide bonds. The van der Waals surface area contributed by atoms with Gasteiger partial charge < -0.3 is 10.0 Å². The number of pyridine rings is 1. The van der Waals surface area contributed by atoms with Gasteiger partial charge in [-0.2, -0.15) is 0 Å². The highest BCUT2D eigenvalue weighted by Crippen LogP contribution is 2.03. The number of aromatic nitrogens is 1. The predicted molar refractivity (Wildman–Crippen MR) is 61.8 cm³/mol. The Kier molecular flexibility index (Phi) is 4.51. The summed E-state index contributed by atoms with van der Waals surface area (Å²) in [5, 5.41) is 8.54. The average molecular weight is 220 g/mol. The smallest absolute Gasteiger partial charge is 0.329 e. The summed E-state index contributed by atoms with van der Waals surface area (Å²) in [5.74, 6) is -0.935. The number of nitrogens with zero attached hydrogens (tertiary/aromatic N) is 2. The first-order chi connectivity index (χ1) is 7.61. The normalized spacial score (nSPS) is 10.6. The largest absolute Gasteiger partial charge is 0.478 e. The van der Waals surface area contributed by atoms with E-state index in [1.165, 1.54) is 0 Å². The molecule has 0 atom stereocenters. The third-order valence-corrected chi connectivity index (χ3v) is 2.15. The summed E-state index contributed by atoms with van der Waals surface area (Å²) in [4.78, 5) is 16.7. The van der Waals surface area contributed by atoms with E-state index in [0.717, 1.165) is 24.0 Å². The molecule has 1 heterocycles. The van der Waals surface area contributed by atoms with Crippen LogP contribution in [0.3, 0.4) is 0 Å². The van der Waals surface area contributed by atoms with E-state index in [0.29, 0.717) is 6.54 Å². The van der Waals surface area contributed by atoms with Crippen molar-refractivity contribution in [1.29, 1.82) is 0 Å². The number of carbonyl (C=O) groups is 1. The second-order valence-corrected chi connectivity index (χ2v) is 3.49. The Morgan fingerprint density at radius 3 is 2.88 bits per heavy atom. The molecule has 0 spiro atoms. The highest BCUT2D eigenvalue weighted by Gasteiger charge is 2.00. The minimum absolute atomic E-state index is 0.627. The number of carboxylic acid groups (broad SMARTS) is 1. The molecule has 0 radical (unpaired) electrons. The van der Waals surface area contributed by atoms with Gasteiger partial charge >= 0.3 is 5.97 Å². The highest BCUT2D eigenvalue weighted by atomic mass is 16.4.